The first-order valence-corrected chi connectivity index (χ1v) is 9.17. The number of hydrogen-bond donors (Lipinski definition) is 0. The number of aromatic nitrogens is 1. The van der Waals surface area contributed by atoms with E-state index >= 15 is 0 Å². The van der Waals surface area contributed by atoms with Crippen LogP contribution in [0, 0.1) is 20.8 Å². The van der Waals surface area contributed by atoms with Crippen molar-refractivity contribution in [3.8, 4) is 0 Å². The highest BCUT2D eigenvalue weighted by Gasteiger charge is 2.25. The number of carbonyl (C=O) groups excluding carboxylic acids is 2. The van der Waals surface area contributed by atoms with E-state index in [1.165, 1.54) is 0 Å². The van der Waals surface area contributed by atoms with Crippen molar-refractivity contribution in [1.29, 1.82) is 0 Å². The van der Waals surface area contributed by atoms with Gasteiger partial charge in [0.15, 0.2) is 0 Å². The van der Waals surface area contributed by atoms with Crippen molar-refractivity contribution >= 4 is 11.8 Å². The van der Waals surface area contributed by atoms with Crippen LogP contribution in [0.4, 0.5) is 0 Å². The summed E-state index contributed by atoms with van der Waals surface area (Å²) in [6.07, 6.45) is 0.800. The molecule has 5 nitrogen and oxygen atoms in total. The van der Waals surface area contributed by atoms with Gasteiger partial charge in [0.1, 0.15) is 0 Å². The molecule has 5 heteroatoms. The monoisotopic (exact) mass is 353 g/mol. The van der Waals surface area contributed by atoms with E-state index in [0.717, 1.165) is 34.5 Å². The molecule has 1 aromatic heterocycles. The highest BCUT2D eigenvalue weighted by molar-refractivity contribution is 5.97. The summed E-state index contributed by atoms with van der Waals surface area (Å²) in [4.78, 5) is 29.5. The van der Waals surface area contributed by atoms with Gasteiger partial charge in [0.2, 0.25) is 0 Å². The van der Waals surface area contributed by atoms with Crippen LogP contribution in [0.25, 0.3) is 0 Å². The molecule has 0 N–H and O–H groups in total. The van der Waals surface area contributed by atoms with E-state index < -0.39 is 0 Å². The molecule has 1 aromatic carbocycles. The lowest BCUT2D eigenvalue weighted by molar-refractivity contribution is 0.0718. The number of aryl methyl sites for hydroxylation is 2. The van der Waals surface area contributed by atoms with Crippen LogP contribution in [0.1, 0.15) is 44.1 Å². The van der Waals surface area contributed by atoms with Gasteiger partial charge < -0.3 is 14.4 Å². The Kier molecular flexibility index (Phi) is 5.16. The summed E-state index contributed by atoms with van der Waals surface area (Å²) in [6.45, 7) is 8.46. The molecular formula is C21H27N3O2. The molecule has 0 aliphatic carbocycles. The van der Waals surface area contributed by atoms with Gasteiger partial charge in [-0.05, 0) is 44.9 Å². The largest absolute Gasteiger partial charge is 0.351 e. The zero-order chi connectivity index (χ0) is 18.8. The summed E-state index contributed by atoms with van der Waals surface area (Å²) in [6, 6.07) is 9.63. The second kappa shape index (κ2) is 7.36. The van der Waals surface area contributed by atoms with Crippen molar-refractivity contribution < 1.29 is 9.59 Å². The SMILES string of the molecule is Cc1ccccc1C(=O)N1CCCN(C(=O)c2cc(C)n(C)c2C)CC1. The van der Waals surface area contributed by atoms with Gasteiger partial charge in [0, 0.05) is 50.2 Å². The van der Waals surface area contributed by atoms with Crippen LogP contribution < -0.4 is 0 Å². The Bertz CT molecular complexity index is 838. The van der Waals surface area contributed by atoms with Crippen molar-refractivity contribution in [1.82, 2.24) is 14.4 Å². The standard InChI is InChI=1S/C21H27N3O2/c1-15-8-5-6-9-18(15)20(25)23-10-7-11-24(13-12-23)21(26)19-14-16(2)22(4)17(19)3/h5-6,8-9,14H,7,10-13H2,1-4H3. The molecule has 2 amide bonds. The third-order valence-electron chi connectivity index (χ3n) is 5.45. The number of carbonyl (C=O) groups is 2. The summed E-state index contributed by atoms with van der Waals surface area (Å²) in [5.74, 6) is 0.125. The fourth-order valence-electron chi connectivity index (χ4n) is 3.55. The van der Waals surface area contributed by atoms with Crippen LogP contribution in [-0.4, -0.2) is 52.4 Å². The topological polar surface area (TPSA) is 45.6 Å². The van der Waals surface area contributed by atoms with Crippen LogP contribution in [0.15, 0.2) is 30.3 Å². The maximum absolute atomic E-state index is 12.9. The van der Waals surface area contributed by atoms with E-state index in [2.05, 4.69) is 0 Å². The van der Waals surface area contributed by atoms with Gasteiger partial charge in [0.05, 0.1) is 5.56 Å². The van der Waals surface area contributed by atoms with Gasteiger partial charge in [-0.1, -0.05) is 18.2 Å². The molecule has 1 aliphatic heterocycles. The molecule has 0 bridgehead atoms. The van der Waals surface area contributed by atoms with Crippen molar-refractivity contribution in [2.24, 2.45) is 7.05 Å². The molecule has 2 aromatic rings. The van der Waals surface area contributed by atoms with Gasteiger partial charge in [-0.3, -0.25) is 9.59 Å². The molecule has 1 fully saturated rings. The number of nitrogens with zero attached hydrogens (tertiary/aromatic N) is 3. The first kappa shape index (κ1) is 18.2. The molecule has 26 heavy (non-hydrogen) atoms. The van der Waals surface area contributed by atoms with Crippen LogP contribution in [0.3, 0.4) is 0 Å². The summed E-state index contributed by atoms with van der Waals surface area (Å²) in [5, 5.41) is 0. The number of benzene rings is 1. The Morgan fingerprint density at radius 1 is 0.846 bits per heavy atom. The second-order valence-electron chi connectivity index (χ2n) is 7.10. The fourth-order valence-corrected chi connectivity index (χ4v) is 3.55. The van der Waals surface area contributed by atoms with Crippen molar-refractivity contribution in [3.05, 3.63) is 58.4 Å². The molecule has 138 valence electrons. The molecule has 0 atom stereocenters. The first-order chi connectivity index (χ1) is 12.4. The second-order valence-corrected chi connectivity index (χ2v) is 7.10. The Morgan fingerprint density at radius 3 is 1.96 bits per heavy atom. The molecular weight excluding hydrogens is 326 g/mol. The predicted octanol–water partition coefficient (Wildman–Crippen LogP) is 2.94. The Balaban J connectivity index is 1.72. The molecule has 0 saturated carbocycles. The maximum atomic E-state index is 12.9. The van der Waals surface area contributed by atoms with E-state index in [4.69, 9.17) is 0 Å². The highest BCUT2D eigenvalue weighted by Crippen LogP contribution is 2.18. The minimum atomic E-state index is 0.0594. The Morgan fingerprint density at radius 2 is 1.42 bits per heavy atom. The average Bonchev–Trinajstić information content (AvgIpc) is 2.83. The number of amides is 2. The summed E-state index contributed by atoms with van der Waals surface area (Å²) < 4.78 is 2.04. The van der Waals surface area contributed by atoms with Crippen LogP contribution in [-0.2, 0) is 7.05 Å². The van der Waals surface area contributed by atoms with Crippen LogP contribution in [0.5, 0.6) is 0 Å². The zero-order valence-corrected chi connectivity index (χ0v) is 16.1. The lowest BCUT2D eigenvalue weighted by atomic mass is 10.1. The zero-order valence-electron chi connectivity index (χ0n) is 16.1. The molecule has 0 spiro atoms. The third kappa shape index (κ3) is 3.39. The quantitative estimate of drug-likeness (QED) is 0.833. The smallest absolute Gasteiger partial charge is 0.255 e. The van der Waals surface area contributed by atoms with E-state index in [1.807, 2.05) is 72.5 Å². The minimum Gasteiger partial charge on any atom is -0.351 e. The van der Waals surface area contributed by atoms with Gasteiger partial charge >= 0.3 is 0 Å². The molecule has 2 heterocycles. The highest BCUT2D eigenvalue weighted by atomic mass is 16.2. The molecule has 1 aliphatic rings. The number of rotatable bonds is 2. The summed E-state index contributed by atoms with van der Waals surface area (Å²) in [5.41, 5.74) is 4.58. The number of hydrogen-bond acceptors (Lipinski definition) is 2. The average molecular weight is 353 g/mol. The van der Waals surface area contributed by atoms with Crippen molar-refractivity contribution in [3.63, 3.8) is 0 Å². The van der Waals surface area contributed by atoms with Gasteiger partial charge in [-0.15, -0.1) is 0 Å². The predicted molar refractivity (Wildman–Crippen MR) is 102 cm³/mol. The van der Waals surface area contributed by atoms with Crippen LogP contribution in [0.2, 0.25) is 0 Å². The normalized spacial score (nSPS) is 15.1. The molecule has 1 saturated heterocycles. The lowest BCUT2D eigenvalue weighted by Crippen LogP contribution is -2.37. The van der Waals surface area contributed by atoms with E-state index in [0.29, 0.717) is 26.2 Å². The molecule has 3 rings (SSSR count). The third-order valence-corrected chi connectivity index (χ3v) is 5.45. The van der Waals surface area contributed by atoms with Crippen molar-refractivity contribution in [2.75, 3.05) is 26.2 Å². The fraction of sp³-hybridized carbons (Fsp3) is 0.429. The minimum absolute atomic E-state index is 0.0594. The van der Waals surface area contributed by atoms with E-state index in [-0.39, 0.29) is 11.8 Å². The Hall–Kier alpha value is -2.56. The molecule has 0 unspecified atom stereocenters. The van der Waals surface area contributed by atoms with Crippen molar-refractivity contribution in [2.45, 2.75) is 27.2 Å². The van der Waals surface area contributed by atoms with Gasteiger partial charge in [-0.25, -0.2) is 0 Å². The first-order valence-electron chi connectivity index (χ1n) is 9.17. The summed E-state index contributed by atoms with van der Waals surface area (Å²) >= 11 is 0. The van der Waals surface area contributed by atoms with Crippen LogP contribution >= 0.6 is 0 Å². The summed E-state index contributed by atoms with van der Waals surface area (Å²) in [7, 11) is 1.98. The van der Waals surface area contributed by atoms with E-state index in [1.54, 1.807) is 0 Å². The van der Waals surface area contributed by atoms with Gasteiger partial charge in [0.25, 0.3) is 11.8 Å². The van der Waals surface area contributed by atoms with E-state index in [9.17, 15) is 9.59 Å². The Labute approximate surface area is 155 Å². The maximum Gasteiger partial charge on any atom is 0.255 e. The molecule has 0 radical (unpaired) electrons. The lowest BCUT2D eigenvalue weighted by Gasteiger charge is -2.23. The van der Waals surface area contributed by atoms with Gasteiger partial charge in [-0.2, -0.15) is 0 Å².